The zero-order valence-electron chi connectivity index (χ0n) is 15.9. The van der Waals surface area contributed by atoms with Gasteiger partial charge in [-0.2, -0.15) is 18.2 Å². The van der Waals surface area contributed by atoms with E-state index in [-0.39, 0.29) is 33.5 Å². The summed E-state index contributed by atoms with van der Waals surface area (Å²) in [5.41, 5.74) is -0.185. The van der Waals surface area contributed by atoms with Gasteiger partial charge in [-0.3, -0.25) is 4.98 Å². The first-order valence-corrected chi connectivity index (χ1v) is 10.4. The van der Waals surface area contributed by atoms with Gasteiger partial charge in [0.15, 0.2) is 0 Å². The van der Waals surface area contributed by atoms with Gasteiger partial charge < -0.3 is 4.52 Å². The second-order valence-corrected chi connectivity index (χ2v) is 9.37. The fourth-order valence-electron chi connectivity index (χ4n) is 3.78. The third kappa shape index (κ3) is 3.58. The lowest BCUT2D eigenvalue weighted by molar-refractivity contribution is -0.137. The number of halogens is 3. The minimum atomic E-state index is -4.53. The predicted molar refractivity (Wildman–Crippen MR) is 99.6 cm³/mol. The molecule has 0 amide bonds. The zero-order chi connectivity index (χ0) is 21.9. The zero-order valence-corrected chi connectivity index (χ0v) is 16.7. The maximum absolute atomic E-state index is 12.9. The van der Waals surface area contributed by atoms with Crippen LogP contribution in [0.3, 0.4) is 0 Å². The first kappa shape index (κ1) is 20.5. The van der Waals surface area contributed by atoms with Crippen LogP contribution in [0.5, 0.6) is 0 Å². The summed E-state index contributed by atoms with van der Waals surface area (Å²) < 4.78 is 67.0. The molecule has 1 fully saturated rings. The summed E-state index contributed by atoms with van der Waals surface area (Å²) in [5, 5.41) is 8.95. The van der Waals surface area contributed by atoms with Crippen LogP contribution in [-0.2, 0) is 16.2 Å². The molecule has 0 bridgehead atoms. The fraction of sp³-hybridized carbons (Fsp3) is 0.316. The summed E-state index contributed by atoms with van der Waals surface area (Å²) in [4.78, 5) is 7.92. The Morgan fingerprint density at radius 2 is 1.77 bits per heavy atom. The summed E-state index contributed by atoms with van der Waals surface area (Å²) in [6, 6.07) is 7.15. The molecule has 7 nitrogen and oxygen atoms in total. The lowest BCUT2D eigenvalue weighted by Gasteiger charge is -2.05. The number of pyridine rings is 1. The van der Waals surface area contributed by atoms with Gasteiger partial charge in [0.25, 0.3) is 0 Å². The van der Waals surface area contributed by atoms with Crippen molar-refractivity contribution in [3.63, 3.8) is 0 Å². The Morgan fingerprint density at radius 3 is 2.37 bits per heavy atom. The van der Waals surface area contributed by atoms with E-state index in [1.165, 1.54) is 18.3 Å². The molecule has 1 aliphatic rings. The SMILES string of the molecule is CC1(C)[C@@H](c2ccc(S(N)(=O)=O)cc2)[C@@H]1c1nc(-c2cncc(C(F)(F)F)c2)no1. The molecule has 0 saturated heterocycles. The summed E-state index contributed by atoms with van der Waals surface area (Å²) >= 11 is 0. The second-order valence-electron chi connectivity index (χ2n) is 7.81. The van der Waals surface area contributed by atoms with Crippen molar-refractivity contribution in [2.24, 2.45) is 10.6 Å². The van der Waals surface area contributed by atoms with E-state index in [9.17, 15) is 21.6 Å². The van der Waals surface area contributed by atoms with Gasteiger partial charge in [0.05, 0.1) is 16.4 Å². The van der Waals surface area contributed by atoms with Crippen LogP contribution in [0.15, 0.2) is 52.1 Å². The molecule has 2 heterocycles. The van der Waals surface area contributed by atoms with E-state index in [1.807, 2.05) is 13.8 Å². The quantitative estimate of drug-likeness (QED) is 0.665. The van der Waals surface area contributed by atoms with Crippen molar-refractivity contribution in [3.8, 4) is 11.4 Å². The van der Waals surface area contributed by atoms with Crippen LogP contribution in [0, 0.1) is 5.41 Å². The first-order chi connectivity index (χ1) is 13.9. The molecule has 2 atom stereocenters. The number of benzene rings is 1. The first-order valence-electron chi connectivity index (χ1n) is 8.88. The average molecular weight is 438 g/mol. The van der Waals surface area contributed by atoms with E-state index in [1.54, 1.807) is 12.1 Å². The molecule has 11 heteroatoms. The van der Waals surface area contributed by atoms with Crippen molar-refractivity contribution in [3.05, 3.63) is 59.7 Å². The number of nitrogens with zero attached hydrogens (tertiary/aromatic N) is 3. The highest BCUT2D eigenvalue weighted by atomic mass is 32.2. The molecule has 1 aromatic carbocycles. The largest absolute Gasteiger partial charge is 0.417 e. The lowest BCUT2D eigenvalue weighted by atomic mass is 10.0. The molecule has 0 aliphatic heterocycles. The average Bonchev–Trinajstić information content (AvgIpc) is 3.01. The van der Waals surface area contributed by atoms with E-state index in [0.717, 1.165) is 17.8 Å². The Hall–Kier alpha value is -2.79. The smallest absolute Gasteiger partial charge is 0.339 e. The van der Waals surface area contributed by atoms with E-state index in [2.05, 4.69) is 15.1 Å². The molecule has 2 N–H and O–H groups in total. The van der Waals surface area contributed by atoms with Gasteiger partial charge in [-0.15, -0.1) is 0 Å². The number of primary sulfonamides is 1. The number of sulfonamides is 1. The maximum atomic E-state index is 12.9. The molecule has 158 valence electrons. The van der Waals surface area contributed by atoms with Crippen molar-refractivity contribution >= 4 is 10.0 Å². The molecule has 0 spiro atoms. The third-order valence-corrected chi connectivity index (χ3v) is 6.36. The molecule has 30 heavy (non-hydrogen) atoms. The molecular formula is C19H17F3N4O3S. The Bertz CT molecular complexity index is 1200. The summed E-state index contributed by atoms with van der Waals surface area (Å²) in [6.45, 7) is 3.98. The fourth-order valence-corrected chi connectivity index (χ4v) is 4.30. The normalized spacial score (nSPS) is 20.9. The van der Waals surface area contributed by atoms with Gasteiger partial charge in [-0.25, -0.2) is 13.6 Å². The maximum Gasteiger partial charge on any atom is 0.417 e. The number of hydrogen-bond donors (Lipinski definition) is 1. The Balaban J connectivity index is 1.61. The van der Waals surface area contributed by atoms with Crippen LogP contribution >= 0.6 is 0 Å². The van der Waals surface area contributed by atoms with Gasteiger partial charge in [0.2, 0.25) is 21.7 Å². The predicted octanol–water partition coefficient (Wildman–Crippen LogP) is 3.71. The number of hydrogen-bond acceptors (Lipinski definition) is 6. The van der Waals surface area contributed by atoms with Crippen molar-refractivity contribution in [2.75, 3.05) is 0 Å². The molecule has 1 saturated carbocycles. The molecule has 4 rings (SSSR count). The van der Waals surface area contributed by atoms with Gasteiger partial charge in [-0.05, 0) is 29.2 Å². The highest BCUT2D eigenvalue weighted by molar-refractivity contribution is 7.89. The van der Waals surface area contributed by atoms with Crippen molar-refractivity contribution in [2.45, 2.75) is 36.8 Å². The van der Waals surface area contributed by atoms with Crippen molar-refractivity contribution in [1.29, 1.82) is 0 Å². The molecular weight excluding hydrogens is 421 g/mol. The van der Waals surface area contributed by atoms with Crippen LogP contribution < -0.4 is 5.14 Å². The Kier molecular flexibility index (Phi) is 4.51. The van der Waals surface area contributed by atoms with Crippen LogP contribution in [0.25, 0.3) is 11.4 Å². The number of rotatable bonds is 4. The van der Waals surface area contributed by atoms with E-state index in [0.29, 0.717) is 5.89 Å². The van der Waals surface area contributed by atoms with Gasteiger partial charge in [0.1, 0.15) is 0 Å². The number of nitrogens with two attached hydrogens (primary N) is 1. The molecule has 0 unspecified atom stereocenters. The Morgan fingerprint density at radius 1 is 1.10 bits per heavy atom. The molecule has 3 aromatic rings. The Labute approximate surface area is 170 Å². The summed E-state index contributed by atoms with van der Waals surface area (Å²) in [7, 11) is -3.79. The number of aromatic nitrogens is 3. The standard InChI is InChI=1S/C19H17F3N4O3S/c1-18(2)14(10-3-5-13(6-4-10)30(23,27)28)15(18)17-25-16(26-29-17)11-7-12(9-24-8-11)19(20,21)22/h3-9,14-15H,1-2H3,(H2,23,27,28)/t14-,15+/m0/s1. The minimum Gasteiger partial charge on any atom is -0.339 e. The van der Waals surface area contributed by atoms with Gasteiger partial charge >= 0.3 is 6.18 Å². The molecule has 2 aromatic heterocycles. The van der Waals surface area contributed by atoms with E-state index < -0.39 is 21.8 Å². The van der Waals surface area contributed by atoms with E-state index in [4.69, 9.17) is 9.66 Å². The van der Waals surface area contributed by atoms with E-state index >= 15 is 0 Å². The second kappa shape index (κ2) is 6.61. The van der Waals surface area contributed by atoms with Crippen molar-refractivity contribution < 1.29 is 26.1 Å². The van der Waals surface area contributed by atoms with Crippen LogP contribution in [-0.4, -0.2) is 23.5 Å². The third-order valence-electron chi connectivity index (χ3n) is 5.43. The highest BCUT2D eigenvalue weighted by Gasteiger charge is 2.62. The van der Waals surface area contributed by atoms with Gasteiger partial charge in [-0.1, -0.05) is 31.1 Å². The summed E-state index contributed by atoms with van der Waals surface area (Å²) in [5.74, 6) is 0.125. The molecule has 1 aliphatic carbocycles. The van der Waals surface area contributed by atoms with Crippen LogP contribution in [0.2, 0.25) is 0 Å². The lowest BCUT2D eigenvalue weighted by Crippen LogP contribution is -2.11. The van der Waals surface area contributed by atoms with Crippen molar-refractivity contribution in [1.82, 2.24) is 15.1 Å². The molecule has 0 radical (unpaired) electrons. The summed E-state index contributed by atoms with van der Waals surface area (Å²) in [6.07, 6.45) is -2.55. The monoisotopic (exact) mass is 438 g/mol. The van der Waals surface area contributed by atoms with Gasteiger partial charge in [0, 0.05) is 23.9 Å². The van der Waals surface area contributed by atoms with Crippen LogP contribution in [0.1, 0.15) is 42.7 Å². The van der Waals surface area contributed by atoms with Crippen LogP contribution in [0.4, 0.5) is 13.2 Å². The number of alkyl halides is 3. The topological polar surface area (TPSA) is 112 Å². The highest BCUT2D eigenvalue weighted by Crippen LogP contribution is 2.69. The minimum absolute atomic E-state index is 0.0124.